The molecule has 0 aromatic rings. The molecular weight excluding hydrogens is 156 g/mol. The van der Waals surface area contributed by atoms with Crippen LogP contribution in [0.3, 0.4) is 0 Å². The molecule has 0 saturated heterocycles. The Labute approximate surface area is 73.1 Å². The normalized spacial score (nSPS) is 9.50. The summed E-state index contributed by atoms with van der Waals surface area (Å²) in [6.07, 6.45) is 2.29. The van der Waals surface area contributed by atoms with E-state index in [-0.39, 0.29) is 11.8 Å². The number of hydrogen-bond donors (Lipinski definition) is 0. The monoisotopic (exact) mass is 172 g/mol. The first-order chi connectivity index (χ1) is 5.66. The number of hydrogen-bond acceptors (Lipinski definition) is 3. The van der Waals surface area contributed by atoms with Gasteiger partial charge in [0.05, 0.1) is 6.61 Å². The van der Waals surface area contributed by atoms with Crippen molar-refractivity contribution in [3.8, 4) is 0 Å². The van der Waals surface area contributed by atoms with Gasteiger partial charge in [0, 0.05) is 12.8 Å². The molecule has 0 N–H and O–H groups in total. The van der Waals surface area contributed by atoms with E-state index in [1.54, 1.807) is 0 Å². The summed E-state index contributed by atoms with van der Waals surface area (Å²) in [7, 11) is 0. The molecule has 0 saturated carbocycles. The molecule has 0 radical (unpaired) electrons. The third-order valence-corrected chi connectivity index (χ3v) is 1.38. The zero-order valence-electron chi connectivity index (χ0n) is 7.76. The van der Waals surface area contributed by atoms with Crippen molar-refractivity contribution in [3.63, 3.8) is 0 Å². The predicted octanol–water partition coefficient (Wildman–Crippen LogP) is 1.70. The van der Waals surface area contributed by atoms with Gasteiger partial charge in [-0.2, -0.15) is 0 Å². The average Bonchev–Trinajstić information content (AvgIpc) is 2.00. The molecule has 0 heterocycles. The molecule has 0 aliphatic rings. The van der Waals surface area contributed by atoms with Crippen LogP contribution < -0.4 is 0 Å². The summed E-state index contributed by atoms with van der Waals surface area (Å²) in [5, 5.41) is 0. The molecular formula is C9H16O3. The van der Waals surface area contributed by atoms with E-state index in [4.69, 9.17) is 4.74 Å². The summed E-state index contributed by atoms with van der Waals surface area (Å²) in [4.78, 5) is 21.3. The van der Waals surface area contributed by atoms with E-state index in [2.05, 4.69) is 0 Å². The lowest BCUT2D eigenvalue weighted by Gasteiger charge is -2.01. The van der Waals surface area contributed by atoms with Crippen molar-refractivity contribution in [3.05, 3.63) is 0 Å². The molecule has 0 aliphatic heterocycles. The second kappa shape index (κ2) is 6.83. The topological polar surface area (TPSA) is 43.4 Å². The number of ether oxygens (including phenoxy) is 1. The smallest absolute Gasteiger partial charge is 0.305 e. The summed E-state index contributed by atoms with van der Waals surface area (Å²) in [5.74, 6) is -0.0728. The lowest BCUT2D eigenvalue weighted by Crippen LogP contribution is -2.05. The quantitative estimate of drug-likeness (QED) is 0.573. The molecule has 0 aromatic carbocycles. The van der Waals surface area contributed by atoms with Gasteiger partial charge in [0.2, 0.25) is 0 Å². The Morgan fingerprint density at radius 2 is 1.92 bits per heavy atom. The van der Waals surface area contributed by atoms with Gasteiger partial charge in [0.15, 0.2) is 0 Å². The first-order valence-electron chi connectivity index (χ1n) is 4.32. The minimum absolute atomic E-state index is 0.123. The van der Waals surface area contributed by atoms with Gasteiger partial charge >= 0.3 is 5.97 Å². The number of ketones is 1. The van der Waals surface area contributed by atoms with E-state index in [0.717, 1.165) is 6.42 Å². The molecule has 0 fully saturated rings. The second-order valence-electron chi connectivity index (χ2n) is 2.78. The highest BCUT2D eigenvalue weighted by Crippen LogP contribution is 1.98. The van der Waals surface area contributed by atoms with Crippen LogP contribution in [-0.2, 0) is 14.3 Å². The van der Waals surface area contributed by atoms with Crippen LogP contribution in [0.1, 0.15) is 39.5 Å². The van der Waals surface area contributed by atoms with Crippen molar-refractivity contribution in [1.82, 2.24) is 0 Å². The van der Waals surface area contributed by atoms with Crippen LogP contribution in [-0.4, -0.2) is 18.4 Å². The highest BCUT2D eigenvalue weighted by molar-refractivity contribution is 5.76. The fraction of sp³-hybridized carbons (Fsp3) is 0.778. The molecule has 70 valence electrons. The molecule has 0 aromatic heterocycles. The average molecular weight is 172 g/mol. The van der Waals surface area contributed by atoms with Crippen LogP contribution >= 0.6 is 0 Å². The van der Waals surface area contributed by atoms with Gasteiger partial charge in [0.1, 0.15) is 5.78 Å². The Balaban J connectivity index is 3.25. The zero-order chi connectivity index (χ0) is 9.40. The second-order valence-corrected chi connectivity index (χ2v) is 2.78. The highest BCUT2D eigenvalue weighted by Gasteiger charge is 2.02. The van der Waals surface area contributed by atoms with Crippen molar-refractivity contribution >= 4 is 11.8 Å². The van der Waals surface area contributed by atoms with Gasteiger partial charge in [-0.3, -0.25) is 4.79 Å². The number of carbonyl (C=O) groups excluding carboxylic acids is 2. The Kier molecular flexibility index (Phi) is 6.34. The van der Waals surface area contributed by atoms with Crippen molar-refractivity contribution < 1.29 is 14.3 Å². The van der Waals surface area contributed by atoms with E-state index < -0.39 is 0 Å². The van der Waals surface area contributed by atoms with Crippen LogP contribution in [0.5, 0.6) is 0 Å². The van der Waals surface area contributed by atoms with Crippen LogP contribution in [0.2, 0.25) is 0 Å². The SMILES string of the molecule is CCCOC(=O)CCCC(C)=O. The first kappa shape index (κ1) is 11.1. The van der Waals surface area contributed by atoms with E-state index in [9.17, 15) is 9.59 Å². The molecule has 0 bridgehead atoms. The van der Waals surface area contributed by atoms with Gasteiger partial charge < -0.3 is 9.53 Å². The number of rotatable bonds is 6. The fourth-order valence-corrected chi connectivity index (χ4v) is 0.770. The number of Topliss-reactive ketones (excluding diaryl/α,β-unsaturated/α-hetero) is 1. The third-order valence-electron chi connectivity index (χ3n) is 1.38. The van der Waals surface area contributed by atoms with E-state index in [1.807, 2.05) is 6.92 Å². The summed E-state index contributed by atoms with van der Waals surface area (Å²) in [5.41, 5.74) is 0. The first-order valence-corrected chi connectivity index (χ1v) is 4.32. The van der Waals surface area contributed by atoms with Crippen LogP contribution in [0.4, 0.5) is 0 Å². The van der Waals surface area contributed by atoms with Crippen LogP contribution in [0.15, 0.2) is 0 Å². The van der Waals surface area contributed by atoms with Crippen molar-refractivity contribution in [2.75, 3.05) is 6.61 Å². The summed E-state index contributed by atoms with van der Waals surface area (Å²) < 4.78 is 4.82. The summed E-state index contributed by atoms with van der Waals surface area (Å²) >= 11 is 0. The summed E-state index contributed by atoms with van der Waals surface area (Å²) in [6.45, 7) is 3.96. The zero-order valence-corrected chi connectivity index (χ0v) is 7.76. The van der Waals surface area contributed by atoms with Crippen molar-refractivity contribution in [1.29, 1.82) is 0 Å². The molecule has 0 unspecified atom stereocenters. The molecule has 3 heteroatoms. The molecule has 0 aliphatic carbocycles. The third kappa shape index (κ3) is 7.25. The maximum absolute atomic E-state index is 10.8. The maximum atomic E-state index is 10.8. The van der Waals surface area contributed by atoms with Gasteiger partial charge in [-0.05, 0) is 19.8 Å². The van der Waals surface area contributed by atoms with E-state index in [0.29, 0.717) is 25.9 Å². The Morgan fingerprint density at radius 3 is 2.42 bits per heavy atom. The van der Waals surface area contributed by atoms with Crippen LogP contribution in [0.25, 0.3) is 0 Å². The van der Waals surface area contributed by atoms with E-state index >= 15 is 0 Å². The highest BCUT2D eigenvalue weighted by atomic mass is 16.5. The van der Waals surface area contributed by atoms with E-state index in [1.165, 1.54) is 6.92 Å². The van der Waals surface area contributed by atoms with Crippen LogP contribution in [0, 0.1) is 0 Å². The van der Waals surface area contributed by atoms with Gasteiger partial charge in [-0.15, -0.1) is 0 Å². The Morgan fingerprint density at radius 1 is 1.25 bits per heavy atom. The number of carbonyl (C=O) groups is 2. The Hall–Kier alpha value is -0.860. The van der Waals surface area contributed by atoms with Gasteiger partial charge in [-0.1, -0.05) is 6.92 Å². The minimum atomic E-state index is -0.196. The largest absolute Gasteiger partial charge is 0.466 e. The maximum Gasteiger partial charge on any atom is 0.305 e. The fourth-order valence-electron chi connectivity index (χ4n) is 0.770. The van der Waals surface area contributed by atoms with Crippen molar-refractivity contribution in [2.45, 2.75) is 39.5 Å². The molecule has 12 heavy (non-hydrogen) atoms. The molecule has 0 rings (SSSR count). The summed E-state index contributed by atoms with van der Waals surface area (Å²) in [6, 6.07) is 0. The molecule has 0 amide bonds. The predicted molar refractivity (Wildman–Crippen MR) is 45.8 cm³/mol. The lowest BCUT2D eigenvalue weighted by molar-refractivity contribution is -0.143. The van der Waals surface area contributed by atoms with Gasteiger partial charge in [-0.25, -0.2) is 0 Å². The standard InChI is InChI=1S/C9H16O3/c1-3-7-12-9(11)6-4-5-8(2)10/h3-7H2,1-2H3. The lowest BCUT2D eigenvalue weighted by atomic mass is 10.2. The molecule has 0 atom stereocenters. The van der Waals surface area contributed by atoms with Gasteiger partial charge in [0.25, 0.3) is 0 Å². The number of esters is 1. The van der Waals surface area contributed by atoms with Crippen molar-refractivity contribution in [2.24, 2.45) is 0 Å². The molecule has 0 spiro atoms. The molecule has 3 nitrogen and oxygen atoms in total. The minimum Gasteiger partial charge on any atom is -0.466 e. The Bertz CT molecular complexity index is 152.